The van der Waals surface area contributed by atoms with Crippen LogP contribution in [0.5, 0.6) is 0 Å². The minimum atomic E-state index is -0.0367. The molecule has 0 amide bonds. The summed E-state index contributed by atoms with van der Waals surface area (Å²) in [6.07, 6.45) is 13.3. The van der Waals surface area contributed by atoms with Gasteiger partial charge in [0, 0.05) is 6.54 Å². The van der Waals surface area contributed by atoms with Crippen molar-refractivity contribution in [1.82, 2.24) is 5.32 Å². The Labute approximate surface area is 106 Å². The van der Waals surface area contributed by atoms with Crippen molar-refractivity contribution in [3.8, 4) is 0 Å². The summed E-state index contributed by atoms with van der Waals surface area (Å²) in [4.78, 5) is 0. The Balaban J connectivity index is 1.60. The van der Waals surface area contributed by atoms with E-state index in [0.29, 0.717) is 5.92 Å². The molecule has 0 heterocycles. The molecule has 2 N–H and O–H groups in total. The molecule has 2 nitrogen and oxygen atoms in total. The van der Waals surface area contributed by atoms with E-state index in [4.69, 9.17) is 0 Å². The average Bonchev–Trinajstić information content (AvgIpc) is 2.60. The predicted octanol–water partition coefficient (Wildman–Crippen LogP) is 3.10. The maximum absolute atomic E-state index is 9.91. The van der Waals surface area contributed by atoms with Crippen molar-refractivity contribution in [3.05, 3.63) is 0 Å². The normalized spacial score (nSPS) is 32.3. The fourth-order valence-electron chi connectivity index (χ4n) is 3.47. The highest BCUT2D eigenvalue weighted by Gasteiger charge is 2.22. The van der Waals surface area contributed by atoms with Crippen LogP contribution in [0.4, 0.5) is 0 Å². The van der Waals surface area contributed by atoms with Crippen molar-refractivity contribution >= 4 is 0 Å². The van der Waals surface area contributed by atoms with Crippen molar-refractivity contribution in [3.63, 3.8) is 0 Å². The lowest BCUT2D eigenvalue weighted by molar-refractivity contribution is 0.0690. The maximum atomic E-state index is 9.91. The van der Waals surface area contributed by atoms with Gasteiger partial charge in [0.1, 0.15) is 0 Å². The Morgan fingerprint density at radius 1 is 0.765 bits per heavy atom. The van der Waals surface area contributed by atoms with Crippen molar-refractivity contribution in [2.24, 2.45) is 11.8 Å². The molecule has 2 aliphatic carbocycles. The lowest BCUT2D eigenvalue weighted by atomic mass is 9.86. The van der Waals surface area contributed by atoms with Crippen LogP contribution in [0, 0.1) is 11.8 Å². The smallest absolute Gasteiger partial charge is 0.0580 e. The third kappa shape index (κ3) is 4.59. The Morgan fingerprint density at radius 2 is 1.41 bits per heavy atom. The van der Waals surface area contributed by atoms with E-state index in [0.717, 1.165) is 18.9 Å². The van der Waals surface area contributed by atoms with E-state index >= 15 is 0 Å². The molecule has 2 unspecified atom stereocenters. The van der Waals surface area contributed by atoms with Crippen LogP contribution in [0.25, 0.3) is 0 Å². The molecule has 2 fully saturated rings. The molecule has 17 heavy (non-hydrogen) atoms. The van der Waals surface area contributed by atoms with Crippen molar-refractivity contribution < 1.29 is 5.11 Å². The van der Waals surface area contributed by atoms with Crippen LogP contribution in [0.15, 0.2) is 0 Å². The largest absolute Gasteiger partial charge is 0.393 e. The third-order valence-corrected chi connectivity index (χ3v) is 4.68. The minimum absolute atomic E-state index is 0.0367. The second-order valence-corrected chi connectivity index (χ2v) is 6.13. The van der Waals surface area contributed by atoms with Gasteiger partial charge in [0.05, 0.1) is 6.10 Å². The first kappa shape index (κ1) is 13.4. The molecule has 2 atom stereocenters. The summed E-state index contributed by atoms with van der Waals surface area (Å²) in [6, 6.07) is 0. The average molecular weight is 239 g/mol. The SMILES string of the molecule is OC1CCCCC1CNCC1CCCCCC1. The van der Waals surface area contributed by atoms with Crippen LogP contribution in [0.1, 0.15) is 64.2 Å². The molecule has 2 saturated carbocycles. The third-order valence-electron chi connectivity index (χ3n) is 4.68. The van der Waals surface area contributed by atoms with Gasteiger partial charge in [-0.15, -0.1) is 0 Å². The summed E-state index contributed by atoms with van der Waals surface area (Å²) in [5.41, 5.74) is 0. The van der Waals surface area contributed by atoms with E-state index in [-0.39, 0.29) is 6.10 Å². The van der Waals surface area contributed by atoms with Crippen molar-refractivity contribution in [2.45, 2.75) is 70.3 Å². The molecule has 0 radical (unpaired) electrons. The number of hydrogen-bond donors (Lipinski definition) is 2. The fraction of sp³-hybridized carbons (Fsp3) is 1.00. The first-order valence-corrected chi connectivity index (χ1v) is 7.75. The van der Waals surface area contributed by atoms with E-state index in [2.05, 4.69) is 5.32 Å². The molecule has 2 rings (SSSR count). The highest BCUT2D eigenvalue weighted by atomic mass is 16.3. The van der Waals surface area contributed by atoms with Gasteiger partial charge in [0.2, 0.25) is 0 Å². The van der Waals surface area contributed by atoms with Gasteiger partial charge in [-0.3, -0.25) is 0 Å². The second kappa shape index (κ2) is 7.38. The second-order valence-electron chi connectivity index (χ2n) is 6.13. The molecule has 0 aromatic heterocycles. The molecule has 2 aliphatic rings. The maximum Gasteiger partial charge on any atom is 0.0580 e. The summed E-state index contributed by atoms with van der Waals surface area (Å²) >= 11 is 0. The number of aliphatic hydroxyl groups excluding tert-OH is 1. The van der Waals surface area contributed by atoms with Crippen LogP contribution in [0.3, 0.4) is 0 Å². The number of nitrogens with one attached hydrogen (secondary N) is 1. The minimum Gasteiger partial charge on any atom is -0.393 e. The van der Waals surface area contributed by atoms with E-state index in [1.54, 1.807) is 0 Å². The molecule has 0 spiro atoms. The number of aliphatic hydroxyl groups is 1. The Hall–Kier alpha value is -0.0800. The highest BCUT2D eigenvalue weighted by molar-refractivity contribution is 4.77. The van der Waals surface area contributed by atoms with E-state index < -0.39 is 0 Å². The topological polar surface area (TPSA) is 32.3 Å². The Morgan fingerprint density at radius 3 is 2.12 bits per heavy atom. The monoisotopic (exact) mass is 239 g/mol. The molecule has 0 aromatic carbocycles. The van der Waals surface area contributed by atoms with E-state index in [9.17, 15) is 5.11 Å². The number of rotatable bonds is 4. The van der Waals surface area contributed by atoms with Crippen LogP contribution >= 0.6 is 0 Å². The molecular weight excluding hydrogens is 210 g/mol. The van der Waals surface area contributed by atoms with Gasteiger partial charge in [0.15, 0.2) is 0 Å². The zero-order chi connectivity index (χ0) is 11.9. The summed E-state index contributed by atoms with van der Waals surface area (Å²) < 4.78 is 0. The van der Waals surface area contributed by atoms with Crippen LogP contribution in [-0.4, -0.2) is 24.3 Å². The molecule has 2 heteroatoms. The summed E-state index contributed by atoms with van der Waals surface area (Å²) in [6.45, 7) is 2.22. The molecule has 0 bridgehead atoms. The first-order valence-electron chi connectivity index (χ1n) is 7.75. The molecule has 0 aromatic rings. The van der Waals surface area contributed by atoms with Crippen molar-refractivity contribution in [2.75, 3.05) is 13.1 Å². The quantitative estimate of drug-likeness (QED) is 0.739. The van der Waals surface area contributed by atoms with Gasteiger partial charge in [0.25, 0.3) is 0 Å². The predicted molar refractivity (Wildman–Crippen MR) is 72.0 cm³/mol. The van der Waals surface area contributed by atoms with Crippen LogP contribution < -0.4 is 5.32 Å². The fourth-order valence-corrected chi connectivity index (χ4v) is 3.47. The first-order chi connectivity index (χ1) is 8.36. The molecular formula is C15H29NO. The zero-order valence-electron chi connectivity index (χ0n) is 11.2. The van der Waals surface area contributed by atoms with Gasteiger partial charge in [-0.05, 0) is 44.1 Å². The highest BCUT2D eigenvalue weighted by Crippen LogP contribution is 2.25. The molecule has 0 saturated heterocycles. The van der Waals surface area contributed by atoms with E-state index in [1.165, 1.54) is 64.3 Å². The lowest BCUT2D eigenvalue weighted by Gasteiger charge is -2.28. The Kier molecular flexibility index (Phi) is 5.79. The summed E-state index contributed by atoms with van der Waals surface area (Å²) in [7, 11) is 0. The summed E-state index contributed by atoms with van der Waals surface area (Å²) in [5.74, 6) is 1.42. The van der Waals surface area contributed by atoms with E-state index in [1.807, 2.05) is 0 Å². The lowest BCUT2D eigenvalue weighted by Crippen LogP contribution is -2.35. The standard InChI is InChI=1S/C15H29NO/c17-15-10-6-5-9-14(15)12-16-11-13-7-3-1-2-4-8-13/h13-17H,1-12H2. The van der Waals surface area contributed by atoms with Gasteiger partial charge in [-0.25, -0.2) is 0 Å². The van der Waals surface area contributed by atoms with Crippen LogP contribution in [0.2, 0.25) is 0 Å². The van der Waals surface area contributed by atoms with Gasteiger partial charge < -0.3 is 10.4 Å². The van der Waals surface area contributed by atoms with Gasteiger partial charge in [-0.1, -0.05) is 38.5 Å². The Bertz CT molecular complexity index is 199. The van der Waals surface area contributed by atoms with Gasteiger partial charge in [-0.2, -0.15) is 0 Å². The number of hydrogen-bond acceptors (Lipinski definition) is 2. The van der Waals surface area contributed by atoms with Crippen LogP contribution in [-0.2, 0) is 0 Å². The molecule has 0 aliphatic heterocycles. The molecule has 100 valence electrons. The van der Waals surface area contributed by atoms with Crippen molar-refractivity contribution in [1.29, 1.82) is 0 Å². The summed E-state index contributed by atoms with van der Waals surface area (Å²) in [5, 5.41) is 13.5. The van der Waals surface area contributed by atoms with Gasteiger partial charge >= 0.3 is 0 Å². The zero-order valence-corrected chi connectivity index (χ0v) is 11.2.